The monoisotopic (exact) mass is 1380 g/mol. The maximum absolute atomic E-state index is 14.6. The molecule has 0 spiro atoms. The van der Waals surface area contributed by atoms with Gasteiger partial charge in [0.05, 0.1) is 90.5 Å². The molecule has 482 valence electrons. The van der Waals surface area contributed by atoms with E-state index in [-0.39, 0.29) is 31.8 Å². The van der Waals surface area contributed by atoms with Crippen LogP contribution in [0.3, 0.4) is 0 Å². The Morgan fingerprint density at radius 3 is 0.543 bits per heavy atom. The van der Waals surface area contributed by atoms with E-state index < -0.39 is 103 Å². The van der Waals surface area contributed by atoms with Crippen LogP contribution in [-0.4, -0.2) is 13.0 Å². The number of fused-ring (bicyclic) bond motifs is 3. The van der Waals surface area contributed by atoms with E-state index in [1.807, 2.05) is 13.0 Å². The van der Waals surface area contributed by atoms with Crippen LogP contribution >= 0.6 is 32.1 Å². The van der Waals surface area contributed by atoms with Crippen molar-refractivity contribution in [3.8, 4) is 0 Å². The molecule has 0 aliphatic rings. The average Bonchev–Trinajstić information content (AvgIpc) is 1.53. The lowest BCUT2D eigenvalue weighted by Gasteiger charge is -2.34. The van der Waals surface area contributed by atoms with Gasteiger partial charge in [-0.2, -0.15) is 79.0 Å². The molecule has 12 rings (SSSR count). The number of benzene rings is 9. The topological polar surface area (TPSA) is 14.8 Å². The molecule has 0 saturated heterocycles. The first-order valence-corrected chi connectivity index (χ1v) is 33.5. The second kappa shape index (κ2) is 24.4. The summed E-state index contributed by atoms with van der Waals surface area (Å²) in [6, 6.07) is 45.2. The Labute approximate surface area is 529 Å². The van der Waals surface area contributed by atoms with E-state index >= 15 is 0 Å². The van der Waals surface area contributed by atoms with Crippen molar-refractivity contribution in [2.75, 3.05) is 0 Å². The fraction of sp³-hybridized carbons (Fsp3) is 0.130. The number of halogens is 18. The summed E-state index contributed by atoms with van der Waals surface area (Å²) in [6.07, 6.45) is -29.2. The maximum atomic E-state index is 14.6. The largest absolute Gasteiger partial charge is 0.416 e. The van der Waals surface area contributed by atoms with Crippen LogP contribution in [0.4, 0.5) is 79.0 Å². The van der Waals surface area contributed by atoms with Crippen molar-refractivity contribution in [2.45, 2.75) is 57.8 Å². The van der Waals surface area contributed by atoms with Gasteiger partial charge in [-0.25, -0.2) is 0 Å². The van der Waals surface area contributed by atoms with Gasteiger partial charge in [0.2, 0.25) is 0 Å². The molecule has 0 amide bonds. The first-order chi connectivity index (χ1) is 44.2. The van der Waals surface area contributed by atoms with E-state index in [9.17, 15) is 79.0 Å². The average molecular weight is 1380 g/mol. The summed E-state index contributed by atoms with van der Waals surface area (Å²) in [4.78, 5) is 0. The zero-order valence-electron chi connectivity index (χ0n) is 48.7. The summed E-state index contributed by atoms with van der Waals surface area (Å²) >= 11 is 0. The Morgan fingerprint density at radius 2 is 0.383 bits per heavy atom. The standard InChI is InChI=1S/C69H45F18N3P4/c1-40-55-10-4-7-13-58(55)88(92(49-28-16-43(17-29-49)64(70,71)72)50-30-18-44(19-31-50)65(73,74)75)61(40)91(62-41(2)56-11-5-8-14-59(56)89(62)93(51-32-20-45(21-33-51)66(76,77)78)52-34-22-46(23-35-52)67(79,80)81)63-42(3)57-12-6-9-15-60(57)90(63)94(53-36-24-47(25-37-53)68(82,83)84)54-38-26-48(27-39-54)69(85,86)87/h4-39H,1-3H3. The van der Waals surface area contributed by atoms with Crippen molar-refractivity contribution in [3.05, 3.63) is 268 Å². The summed E-state index contributed by atoms with van der Waals surface area (Å²) < 4.78 is 269. The molecule has 3 heterocycles. The molecule has 94 heavy (non-hydrogen) atoms. The number of nitrogens with zero attached hydrogens (tertiary/aromatic N) is 3. The molecule has 3 nitrogen and oxygen atoms in total. The Morgan fingerprint density at radius 1 is 0.223 bits per heavy atom. The van der Waals surface area contributed by atoms with Crippen molar-refractivity contribution in [2.24, 2.45) is 0 Å². The summed E-state index contributed by atoms with van der Waals surface area (Å²) in [6.45, 7) is 5.26. The van der Waals surface area contributed by atoms with Crippen LogP contribution in [0.1, 0.15) is 50.1 Å². The van der Waals surface area contributed by atoms with Crippen molar-refractivity contribution < 1.29 is 79.0 Å². The molecule has 0 atom stereocenters. The fourth-order valence-corrected chi connectivity index (χ4v) is 23.2. The second-order valence-electron chi connectivity index (χ2n) is 21.9. The Hall–Kier alpha value is -7.94. The van der Waals surface area contributed by atoms with Gasteiger partial charge in [-0.15, -0.1) is 0 Å². The number of aromatic nitrogens is 3. The first-order valence-electron chi connectivity index (χ1n) is 28.3. The van der Waals surface area contributed by atoms with Crippen molar-refractivity contribution in [1.82, 2.24) is 13.0 Å². The molecule has 0 aliphatic heterocycles. The zero-order valence-corrected chi connectivity index (χ0v) is 52.3. The molecule has 0 aliphatic carbocycles. The third-order valence-electron chi connectivity index (χ3n) is 16.1. The van der Waals surface area contributed by atoms with Crippen LogP contribution in [0.2, 0.25) is 0 Å². The van der Waals surface area contributed by atoms with Crippen LogP contribution in [0.25, 0.3) is 32.7 Å². The van der Waals surface area contributed by atoms with Gasteiger partial charge >= 0.3 is 37.1 Å². The van der Waals surface area contributed by atoms with E-state index in [0.29, 0.717) is 65.7 Å². The summed E-state index contributed by atoms with van der Waals surface area (Å²) in [5.74, 6) is 0. The van der Waals surface area contributed by atoms with E-state index in [0.717, 1.165) is 72.8 Å². The quantitative estimate of drug-likeness (QED) is 0.0855. The smallest absolute Gasteiger partial charge is 0.310 e. The number of hydrogen-bond acceptors (Lipinski definition) is 0. The number of para-hydroxylation sites is 3. The van der Waals surface area contributed by atoms with Gasteiger partial charge in [0.1, 0.15) is 0 Å². The van der Waals surface area contributed by atoms with Crippen LogP contribution < -0.4 is 48.1 Å². The molecular formula is C69H45F18N3P4. The van der Waals surface area contributed by atoms with Crippen LogP contribution in [0, 0.1) is 20.8 Å². The molecule has 0 fully saturated rings. The minimum atomic E-state index is -4.86. The van der Waals surface area contributed by atoms with Crippen molar-refractivity contribution in [3.63, 3.8) is 0 Å². The van der Waals surface area contributed by atoms with Crippen molar-refractivity contribution in [1.29, 1.82) is 0 Å². The highest BCUT2D eigenvalue weighted by atomic mass is 31.1. The lowest BCUT2D eigenvalue weighted by molar-refractivity contribution is -0.138. The van der Waals surface area contributed by atoms with Crippen molar-refractivity contribution >= 4 is 113 Å². The highest BCUT2D eigenvalue weighted by Crippen LogP contribution is 2.55. The van der Waals surface area contributed by atoms with E-state index in [1.165, 1.54) is 72.8 Å². The fourth-order valence-electron chi connectivity index (χ4n) is 11.7. The molecule has 3 aromatic heterocycles. The Kier molecular flexibility index (Phi) is 17.1. The molecule has 12 aromatic rings. The van der Waals surface area contributed by atoms with Gasteiger partial charge in [-0.3, -0.25) is 0 Å². The summed E-state index contributed by atoms with van der Waals surface area (Å²) in [5.41, 5.74) is -2.69. The number of hydrogen-bond donors (Lipinski definition) is 0. The molecule has 0 bridgehead atoms. The first kappa shape index (κ1) is 66.1. The van der Waals surface area contributed by atoms with Crippen LogP contribution in [0.15, 0.2) is 218 Å². The molecule has 0 saturated carbocycles. The predicted molar refractivity (Wildman–Crippen MR) is 339 cm³/mol. The Balaban J connectivity index is 1.30. The lowest BCUT2D eigenvalue weighted by atomic mass is 10.2. The maximum Gasteiger partial charge on any atom is 0.416 e. The lowest BCUT2D eigenvalue weighted by Crippen LogP contribution is -2.38. The minimum Gasteiger partial charge on any atom is -0.310 e. The predicted octanol–water partition coefficient (Wildman–Crippen LogP) is 19.0. The SMILES string of the molecule is Cc1c(P(c2c(C)c3ccccc3n2P(c2ccc(C(F)(F)F)cc2)c2ccc(C(F)(F)F)cc2)c2c(C)c3ccccc3n2P(c2ccc(C(F)(F)F)cc2)c2ccc(C(F)(F)F)cc2)n(P(c2ccc(C(F)(F)F)cc2)c2ccc(C(F)(F)F)cc2)c2ccccc12. The van der Waals surface area contributed by atoms with Gasteiger partial charge in [-0.05, 0) is 128 Å². The third-order valence-corrected chi connectivity index (χ3v) is 26.6. The van der Waals surface area contributed by atoms with Gasteiger partial charge in [0.15, 0.2) is 0 Å². The number of rotatable bonds is 12. The molecule has 0 N–H and O–H groups in total. The summed E-state index contributed by atoms with van der Waals surface area (Å²) in [5, 5.41) is 2.63. The van der Waals surface area contributed by atoms with Gasteiger partial charge in [0.25, 0.3) is 0 Å². The van der Waals surface area contributed by atoms with E-state index in [4.69, 9.17) is 0 Å². The summed E-state index contributed by atoms with van der Waals surface area (Å²) in [7, 11) is -9.97. The normalized spacial score (nSPS) is 13.1. The highest BCUT2D eigenvalue weighted by molar-refractivity contribution is 7.83. The van der Waals surface area contributed by atoms with Gasteiger partial charge in [-0.1, -0.05) is 127 Å². The molecule has 0 radical (unpaired) electrons. The molecule has 25 heteroatoms. The molecule has 0 unspecified atom stereocenters. The second-order valence-corrected chi connectivity index (χ2v) is 30.0. The van der Waals surface area contributed by atoms with Crippen LogP contribution in [-0.2, 0) is 37.1 Å². The van der Waals surface area contributed by atoms with E-state index in [2.05, 4.69) is 0 Å². The number of aryl methyl sites for hydroxylation is 3. The third kappa shape index (κ3) is 12.3. The Bertz CT molecular complexity index is 4120. The van der Waals surface area contributed by atoms with Gasteiger partial charge in [0, 0.05) is 55.9 Å². The minimum absolute atomic E-state index is 0.183. The van der Waals surface area contributed by atoms with Gasteiger partial charge < -0.3 is 13.0 Å². The molecular weight excluding hydrogens is 1340 g/mol. The zero-order chi connectivity index (χ0) is 67.4. The van der Waals surface area contributed by atoms with Crippen LogP contribution in [0.5, 0.6) is 0 Å². The molecule has 9 aromatic carbocycles. The highest BCUT2D eigenvalue weighted by Gasteiger charge is 2.43. The number of alkyl halides is 18. The van der Waals surface area contributed by atoms with E-state index in [1.54, 1.807) is 93.6 Å².